The molecule has 2 N–H and O–H groups in total. The fourth-order valence-electron chi connectivity index (χ4n) is 4.59. The molecule has 0 spiro atoms. The van der Waals surface area contributed by atoms with Crippen LogP contribution in [0.4, 0.5) is 0 Å². The number of rotatable bonds is 6. The van der Waals surface area contributed by atoms with Crippen molar-refractivity contribution >= 4 is 68.7 Å². The fraction of sp³-hybridized carbons (Fsp3) is 0.600. The third-order valence-electron chi connectivity index (χ3n) is 7.06. The van der Waals surface area contributed by atoms with Crippen LogP contribution in [0.25, 0.3) is 0 Å². The summed E-state index contributed by atoms with van der Waals surface area (Å²) in [6.45, 7) is 13.4. The van der Waals surface area contributed by atoms with Gasteiger partial charge in [0, 0.05) is 33.1 Å². The van der Waals surface area contributed by atoms with Crippen molar-refractivity contribution in [3.63, 3.8) is 0 Å². The zero-order valence-corrected chi connectivity index (χ0v) is 28.5. The molecule has 0 aliphatic heterocycles. The predicted molar refractivity (Wildman–Crippen MR) is 177 cm³/mol. The van der Waals surface area contributed by atoms with Crippen LogP contribution in [-0.2, 0) is 22.3 Å². The van der Waals surface area contributed by atoms with Crippen molar-refractivity contribution in [3.05, 3.63) is 53.7 Å². The molecule has 2 aromatic rings. The van der Waals surface area contributed by atoms with Crippen LogP contribution in [0.15, 0.2) is 24.3 Å². The van der Waals surface area contributed by atoms with Gasteiger partial charge >= 0.3 is 0 Å². The molecule has 1 saturated carbocycles. The van der Waals surface area contributed by atoms with E-state index in [1.807, 2.05) is 23.5 Å². The van der Waals surface area contributed by atoms with Crippen molar-refractivity contribution in [1.29, 1.82) is 0 Å². The predicted octanol–water partition coefficient (Wildman–Crippen LogP) is 10.2. The standard InChI is InChI=1S/C30H42I2O2S2/c1-29(2,3)21-13-19(27(33)23(31)15-21)17-35-25-11-9-7-8-10-12-26(25)36-18-20-14-22(30(4,5)6)16-24(32)28(20)34/h13-16,25-26,33-34H,7-12,17-18H2,1-6H3/t25-,26?/m0/s1. The van der Waals surface area contributed by atoms with Gasteiger partial charge in [-0.25, -0.2) is 0 Å². The molecule has 36 heavy (non-hydrogen) atoms. The van der Waals surface area contributed by atoms with Crippen LogP contribution in [0.2, 0.25) is 0 Å². The van der Waals surface area contributed by atoms with Crippen LogP contribution in [0.5, 0.6) is 11.5 Å². The Morgan fingerprint density at radius 1 is 0.667 bits per heavy atom. The molecule has 0 amide bonds. The normalized spacial score (nSPS) is 19.7. The summed E-state index contributed by atoms with van der Waals surface area (Å²) in [5.41, 5.74) is 4.82. The highest BCUT2D eigenvalue weighted by atomic mass is 127. The maximum atomic E-state index is 10.8. The first kappa shape index (κ1) is 30.7. The zero-order valence-electron chi connectivity index (χ0n) is 22.6. The van der Waals surface area contributed by atoms with Crippen LogP contribution in [0.1, 0.15) is 102 Å². The van der Waals surface area contributed by atoms with E-state index in [2.05, 4.69) is 111 Å². The second kappa shape index (κ2) is 13.0. The Morgan fingerprint density at radius 2 is 1.03 bits per heavy atom. The van der Waals surface area contributed by atoms with E-state index in [1.54, 1.807) is 0 Å². The van der Waals surface area contributed by atoms with Crippen molar-refractivity contribution in [2.24, 2.45) is 0 Å². The van der Waals surface area contributed by atoms with Crippen LogP contribution in [-0.4, -0.2) is 20.7 Å². The van der Waals surface area contributed by atoms with Gasteiger partial charge in [0.05, 0.1) is 7.14 Å². The summed E-state index contributed by atoms with van der Waals surface area (Å²) >= 11 is 8.59. The van der Waals surface area contributed by atoms with Gasteiger partial charge in [-0.1, -0.05) is 79.4 Å². The van der Waals surface area contributed by atoms with Crippen molar-refractivity contribution < 1.29 is 10.2 Å². The van der Waals surface area contributed by atoms with E-state index >= 15 is 0 Å². The first-order valence-electron chi connectivity index (χ1n) is 13.0. The number of phenolic OH excluding ortho intramolecular Hbond substituents is 2. The quantitative estimate of drug-likeness (QED) is 0.289. The number of phenols is 2. The second-order valence-corrected chi connectivity index (χ2v) is 16.9. The molecule has 6 heteroatoms. The Morgan fingerprint density at radius 3 is 1.36 bits per heavy atom. The summed E-state index contributed by atoms with van der Waals surface area (Å²) in [5.74, 6) is 2.58. The molecular formula is C30H42I2O2S2. The van der Waals surface area contributed by atoms with Crippen molar-refractivity contribution in [1.82, 2.24) is 0 Å². The van der Waals surface area contributed by atoms with Gasteiger partial charge in [-0.2, -0.15) is 23.5 Å². The minimum absolute atomic E-state index is 0.0623. The van der Waals surface area contributed by atoms with Gasteiger partial charge in [0.15, 0.2) is 0 Å². The molecule has 2 nitrogen and oxygen atoms in total. The Labute approximate surface area is 254 Å². The minimum atomic E-state index is 0.0623. The van der Waals surface area contributed by atoms with Gasteiger partial charge in [-0.3, -0.25) is 0 Å². The van der Waals surface area contributed by atoms with E-state index in [1.165, 1.54) is 49.7 Å². The number of benzene rings is 2. The molecule has 1 unspecified atom stereocenters. The van der Waals surface area contributed by atoms with Crippen molar-refractivity contribution in [2.75, 3.05) is 0 Å². The fourth-order valence-corrected chi connectivity index (χ4v) is 9.02. The van der Waals surface area contributed by atoms with E-state index in [-0.39, 0.29) is 10.8 Å². The summed E-state index contributed by atoms with van der Waals surface area (Å²) in [7, 11) is 0. The molecule has 2 atom stereocenters. The van der Waals surface area contributed by atoms with Crippen LogP contribution in [0.3, 0.4) is 0 Å². The molecule has 200 valence electrons. The van der Waals surface area contributed by atoms with Crippen molar-refractivity contribution in [2.45, 2.75) is 113 Å². The Kier molecular flexibility index (Phi) is 11.1. The molecule has 1 aliphatic rings. The van der Waals surface area contributed by atoms with Crippen LogP contribution < -0.4 is 0 Å². The molecule has 0 bridgehead atoms. The lowest BCUT2D eigenvalue weighted by Crippen LogP contribution is -2.22. The van der Waals surface area contributed by atoms with E-state index in [0.29, 0.717) is 22.0 Å². The smallest absolute Gasteiger partial charge is 0.132 e. The summed E-state index contributed by atoms with van der Waals surface area (Å²) in [6.07, 6.45) is 7.66. The van der Waals surface area contributed by atoms with Gasteiger partial charge in [-0.05, 0) is 92.1 Å². The van der Waals surface area contributed by atoms with Crippen LogP contribution in [0, 0.1) is 7.14 Å². The van der Waals surface area contributed by atoms with Crippen molar-refractivity contribution in [3.8, 4) is 11.5 Å². The Bertz CT molecular complexity index is 957. The number of hydrogen-bond acceptors (Lipinski definition) is 4. The SMILES string of the molecule is CC(C)(C)c1cc(I)c(O)c(CSC2CCCCCC[C@@H]2SCc2cc(C(C)(C)C)cc(I)c2O)c1. The van der Waals surface area contributed by atoms with Gasteiger partial charge in [-0.15, -0.1) is 0 Å². The lowest BCUT2D eigenvalue weighted by atomic mass is 9.86. The molecule has 1 fully saturated rings. The first-order valence-corrected chi connectivity index (χ1v) is 17.3. The number of aromatic hydroxyl groups is 2. The van der Waals surface area contributed by atoms with E-state index < -0.39 is 0 Å². The van der Waals surface area contributed by atoms with E-state index in [4.69, 9.17) is 0 Å². The summed E-state index contributed by atoms with van der Waals surface area (Å²) in [5, 5.41) is 22.8. The average Bonchev–Trinajstić information content (AvgIpc) is 2.76. The molecule has 0 aromatic heterocycles. The Hall–Kier alpha value is 0.200. The highest BCUT2D eigenvalue weighted by Gasteiger charge is 2.26. The largest absolute Gasteiger partial charge is 0.507 e. The third kappa shape index (κ3) is 8.35. The van der Waals surface area contributed by atoms with E-state index in [9.17, 15) is 10.2 Å². The van der Waals surface area contributed by atoms with E-state index in [0.717, 1.165) is 29.8 Å². The summed E-state index contributed by atoms with van der Waals surface area (Å²) < 4.78 is 1.89. The number of hydrogen-bond donors (Lipinski definition) is 2. The van der Waals surface area contributed by atoms with Gasteiger partial charge in [0.25, 0.3) is 0 Å². The molecule has 0 heterocycles. The number of thioether (sulfide) groups is 2. The lowest BCUT2D eigenvalue weighted by Gasteiger charge is -2.29. The molecule has 1 aliphatic carbocycles. The lowest BCUT2D eigenvalue weighted by molar-refractivity contribution is 0.464. The zero-order chi connectivity index (χ0) is 26.7. The number of halogens is 2. The maximum absolute atomic E-state index is 10.8. The molecular weight excluding hydrogens is 710 g/mol. The first-order chi connectivity index (χ1) is 16.8. The molecule has 0 saturated heterocycles. The minimum Gasteiger partial charge on any atom is -0.507 e. The monoisotopic (exact) mass is 752 g/mol. The van der Waals surface area contributed by atoms with Gasteiger partial charge in [0.2, 0.25) is 0 Å². The average molecular weight is 753 g/mol. The third-order valence-corrected chi connectivity index (χ3v) is 11.8. The summed E-state index contributed by atoms with van der Waals surface area (Å²) in [6, 6.07) is 8.68. The molecule has 3 rings (SSSR count). The van der Waals surface area contributed by atoms with Crippen LogP contribution >= 0.6 is 68.7 Å². The Balaban J connectivity index is 1.78. The molecule has 2 aromatic carbocycles. The highest BCUT2D eigenvalue weighted by Crippen LogP contribution is 2.41. The topological polar surface area (TPSA) is 40.5 Å². The second-order valence-electron chi connectivity index (χ2n) is 12.1. The highest BCUT2D eigenvalue weighted by molar-refractivity contribution is 14.1. The molecule has 0 radical (unpaired) electrons. The van der Waals surface area contributed by atoms with Gasteiger partial charge < -0.3 is 10.2 Å². The maximum Gasteiger partial charge on any atom is 0.132 e. The van der Waals surface area contributed by atoms with Gasteiger partial charge in [0.1, 0.15) is 11.5 Å². The summed E-state index contributed by atoms with van der Waals surface area (Å²) in [4.78, 5) is 0.